The molecule has 1 aliphatic heterocycles. The van der Waals surface area contributed by atoms with E-state index in [9.17, 15) is 0 Å². The Morgan fingerprint density at radius 2 is 1.89 bits per heavy atom. The van der Waals surface area contributed by atoms with Gasteiger partial charge in [-0.15, -0.1) is 0 Å². The zero-order valence-electron chi connectivity index (χ0n) is 12.4. The predicted molar refractivity (Wildman–Crippen MR) is 73.7 cm³/mol. The van der Waals surface area contributed by atoms with Gasteiger partial charge < -0.3 is 9.84 Å². The van der Waals surface area contributed by atoms with Crippen molar-refractivity contribution in [1.29, 1.82) is 0 Å². The van der Waals surface area contributed by atoms with Crippen LogP contribution in [0.1, 0.15) is 59.8 Å². The Labute approximate surface area is 112 Å². The molecule has 2 rings (SSSR count). The first-order valence-corrected chi connectivity index (χ1v) is 7.42. The molecule has 2 aliphatic rings. The van der Waals surface area contributed by atoms with E-state index in [1.165, 1.54) is 19.3 Å². The molecule has 2 fully saturated rings. The van der Waals surface area contributed by atoms with Crippen molar-refractivity contribution in [3.05, 3.63) is 0 Å². The molecule has 18 heavy (non-hydrogen) atoms. The van der Waals surface area contributed by atoms with Crippen molar-refractivity contribution < 1.29 is 9.84 Å². The van der Waals surface area contributed by atoms with E-state index < -0.39 is 0 Å². The first-order valence-electron chi connectivity index (χ1n) is 7.42. The van der Waals surface area contributed by atoms with E-state index in [-0.39, 0.29) is 11.2 Å². The second-order valence-electron chi connectivity index (χ2n) is 7.08. The first kappa shape index (κ1) is 14.3. The van der Waals surface area contributed by atoms with Gasteiger partial charge in [0.25, 0.3) is 0 Å². The van der Waals surface area contributed by atoms with Crippen LogP contribution in [0.15, 0.2) is 0 Å². The highest BCUT2D eigenvalue weighted by Gasteiger charge is 2.49. The minimum atomic E-state index is -0.0749. The quantitative estimate of drug-likeness (QED) is 0.819. The third kappa shape index (κ3) is 2.89. The van der Waals surface area contributed by atoms with Gasteiger partial charge in [-0.1, -0.05) is 6.42 Å². The van der Waals surface area contributed by atoms with Gasteiger partial charge in [-0.2, -0.15) is 0 Å². The van der Waals surface area contributed by atoms with Crippen molar-refractivity contribution >= 4 is 0 Å². The number of aliphatic hydroxyl groups excluding tert-OH is 1. The summed E-state index contributed by atoms with van der Waals surface area (Å²) >= 11 is 0. The predicted octanol–water partition coefficient (Wildman–Crippen LogP) is 2.57. The summed E-state index contributed by atoms with van der Waals surface area (Å²) in [5, 5.41) is 9.11. The number of nitrogens with zero attached hydrogens (tertiary/aromatic N) is 1. The van der Waals surface area contributed by atoms with Crippen molar-refractivity contribution in [2.45, 2.75) is 83.1 Å². The molecule has 0 spiro atoms. The molecule has 3 nitrogen and oxygen atoms in total. The fourth-order valence-electron chi connectivity index (χ4n) is 3.61. The Morgan fingerprint density at radius 1 is 1.22 bits per heavy atom. The minimum Gasteiger partial charge on any atom is -0.396 e. The van der Waals surface area contributed by atoms with Crippen LogP contribution >= 0.6 is 0 Å². The third-order valence-corrected chi connectivity index (χ3v) is 4.55. The van der Waals surface area contributed by atoms with E-state index in [1.807, 2.05) is 0 Å². The molecule has 1 saturated carbocycles. The molecule has 3 heteroatoms. The summed E-state index contributed by atoms with van der Waals surface area (Å²) < 4.78 is 6.22. The van der Waals surface area contributed by atoms with Crippen molar-refractivity contribution in [1.82, 2.24) is 4.90 Å². The molecule has 0 amide bonds. The second-order valence-corrected chi connectivity index (χ2v) is 7.08. The van der Waals surface area contributed by atoms with Gasteiger partial charge in [0, 0.05) is 25.2 Å². The summed E-state index contributed by atoms with van der Waals surface area (Å²) in [4.78, 5) is 2.62. The van der Waals surface area contributed by atoms with Crippen LogP contribution in [0.4, 0.5) is 0 Å². The summed E-state index contributed by atoms with van der Waals surface area (Å²) in [5.74, 6) is 0. The fourth-order valence-corrected chi connectivity index (χ4v) is 3.61. The van der Waals surface area contributed by atoms with E-state index >= 15 is 0 Å². The molecule has 0 aromatic carbocycles. The molecule has 0 bridgehead atoms. The number of hydrogen-bond donors (Lipinski definition) is 1. The molecule has 0 aromatic rings. The molecule has 1 unspecified atom stereocenters. The van der Waals surface area contributed by atoms with Gasteiger partial charge in [-0.3, -0.25) is 4.90 Å². The van der Waals surface area contributed by atoms with Gasteiger partial charge in [-0.05, 0) is 53.4 Å². The van der Waals surface area contributed by atoms with Crippen LogP contribution < -0.4 is 0 Å². The second kappa shape index (κ2) is 5.10. The van der Waals surface area contributed by atoms with Crippen LogP contribution in [0, 0.1) is 0 Å². The normalized spacial score (nSPS) is 30.7. The summed E-state index contributed by atoms with van der Waals surface area (Å²) in [5.41, 5.74) is -0.0933. The maximum absolute atomic E-state index is 9.11. The maximum atomic E-state index is 9.11. The molecule has 1 N–H and O–H groups in total. The molecule has 0 aromatic heterocycles. The van der Waals surface area contributed by atoms with Crippen molar-refractivity contribution in [3.8, 4) is 0 Å². The lowest BCUT2D eigenvalue weighted by Crippen LogP contribution is -2.53. The van der Waals surface area contributed by atoms with Gasteiger partial charge in [-0.25, -0.2) is 0 Å². The summed E-state index contributed by atoms with van der Waals surface area (Å²) in [6.45, 7) is 10.1. The highest BCUT2D eigenvalue weighted by molar-refractivity contribution is 5.02. The zero-order chi connectivity index (χ0) is 13.4. The van der Waals surface area contributed by atoms with Crippen LogP contribution in [-0.2, 0) is 4.74 Å². The Hall–Kier alpha value is -0.120. The van der Waals surface area contributed by atoms with Gasteiger partial charge in [0.15, 0.2) is 0 Å². The average molecular weight is 255 g/mol. The lowest BCUT2D eigenvalue weighted by Gasteiger charge is -2.45. The average Bonchev–Trinajstić information content (AvgIpc) is 2.38. The standard InChI is InChI=1S/C15H29NO2/c1-14(2)11-13(15(3,4)18-14)16(9-6-10-17)12-7-5-8-12/h12-13,17H,5-11H2,1-4H3. The van der Waals surface area contributed by atoms with Gasteiger partial charge in [0.1, 0.15) is 0 Å². The van der Waals surface area contributed by atoms with Crippen LogP contribution in [-0.4, -0.2) is 46.4 Å². The smallest absolute Gasteiger partial charge is 0.0789 e. The van der Waals surface area contributed by atoms with Crippen LogP contribution in [0.3, 0.4) is 0 Å². The number of rotatable bonds is 5. The zero-order valence-corrected chi connectivity index (χ0v) is 12.4. The summed E-state index contributed by atoms with van der Waals surface area (Å²) in [6, 6.07) is 1.21. The molecule has 0 radical (unpaired) electrons. The molecule has 1 atom stereocenters. The SMILES string of the molecule is CC1(C)CC(N(CCCO)C2CCC2)C(C)(C)O1. The Morgan fingerprint density at radius 3 is 2.28 bits per heavy atom. The number of aliphatic hydroxyl groups is 1. The highest BCUT2D eigenvalue weighted by Crippen LogP contribution is 2.42. The van der Waals surface area contributed by atoms with Crippen molar-refractivity contribution in [2.75, 3.05) is 13.2 Å². The number of ether oxygens (including phenoxy) is 1. The number of hydrogen-bond acceptors (Lipinski definition) is 3. The lowest BCUT2D eigenvalue weighted by molar-refractivity contribution is -0.0880. The van der Waals surface area contributed by atoms with Crippen molar-refractivity contribution in [2.24, 2.45) is 0 Å². The Kier molecular flexibility index (Phi) is 4.05. The Bertz CT molecular complexity index is 284. The topological polar surface area (TPSA) is 32.7 Å². The Balaban J connectivity index is 2.09. The highest BCUT2D eigenvalue weighted by atomic mass is 16.5. The van der Waals surface area contributed by atoms with Gasteiger partial charge >= 0.3 is 0 Å². The molecular formula is C15H29NO2. The van der Waals surface area contributed by atoms with Crippen molar-refractivity contribution in [3.63, 3.8) is 0 Å². The van der Waals surface area contributed by atoms with E-state index in [4.69, 9.17) is 9.84 Å². The van der Waals surface area contributed by atoms with Crippen LogP contribution in [0.5, 0.6) is 0 Å². The first-order chi connectivity index (χ1) is 8.36. The molecule has 1 aliphatic carbocycles. The molecule has 1 heterocycles. The van der Waals surface area contributed by atoms with Crippen LogP contribution in [0.2, 0.25) is 0 Å². The van der Waals surface area contributed by atoms with E-state index in [0.717, 1.165) is 25.4 Å². The summed E-state index contributed by atoms with van der Waals surface area (Å²) in [7, 11) is 0. The maximum Gasteiger partial charge on any atom is 0.0789 e. The van der Waals surface area contributed by atoms with Gasteiger partial charge in [0.05, 0.1) is 11.2 Å². The van der Waals surface area contributed by atoms with Gasteiger partial charge in [0.2, 0.25) is 0 Å². The van der Waals surface area contributed by atoms with E-state index in [1.54, 1.807) is 0 Å². The minimum absolute atomic E-state index is 0.0185. The van der Waals surface area contributed by atoms with E-state index in [2.05, 4.69) is 32.6 Å². The monoisotopic (exact) mass is 255 g/mol. The fraction of sp³-hybridized carbons (Fsp3) is 1.00. The van der Waals surface area contributed by atoms with Crippen LogP contribution in [0.25, 0.3) is 0 Å². The molecule has 1 saturated heterocycles. The van der Waals surface area contributed by atoms with E-state index in [0.29, 0.717) is 12.6 Å². The molecule has 106 valence electrons. The summed E-state index contributed by atoms with van der Waals surface area (Å²) in [6.07, 6.45) is 5.97. The lowest BCUT2D eigenvalue weighted by atomic mass is 9.85. The third-order valence-electron chi connectivity index (χ3n) is 4.55. The largest absolute Gasteiger partial charge is 0.396 e. The molecular weight excluding hydrogens is 226 g/mol.